The van der Waals surface area contributed by atoms with Gasteiger partial charge in [0.25, 0.3) is 0 Å². The van der Waals surface area contributed by atoms with Gasteiger partial charge in [0.15, 0.2) is 0 Å². The second-order valence-electron chi connectivity index (χ2n) is 8.35. The lowest BCUT2D eigenvalue weighted by atomic mass is 9.59. The zero-order valence-corrected chi connectivity index (χ0v) is 18.5. The maximum absolute atomic E-state index is 2.65. The molecule has 1 saturated carbocycles. The van der Waals surface area contributed by atoms with Gasteiger partial charge in [-0.05, 0) is 60.8 Å². The lowest BCUT2D eigenvalue weighted by molar-refractivity contribution is 0.0205. The zero-order chi connectivity index (χ0) is 17.1. The van der Waals surface area contributed by atoms with Crippen LogP contribution in [0.2, 0.25) is 0 Å². The standard InChI is InChI=1S/C20H40IN/c1-9-14(3)18(10-2)20(7)17(6)15(4)16(5)19(20)12-11-13-22(8)21/h14-19H,9-13H2,1-8H3. The first-order valence-corrected chi connectivity index (χ1v) is 10.5. The average Bonchev–Trinajstić information content (AvgIpc) is 2.63. The van der Waals surface area contributed by atoms with Crippen LogP contribution in [0.4, 0.5) is 0 Å². The van der Waals surface area contributed by atoms with Crippen molar-refractivity contribution < 1.29 is 0 Å². The fraction of sp³-hybridized carbons (Fsp3) is 1.00. The molecule has 0 amide bonds. The van der Waals surface area contributed by atoms with E-state index in [0.717, 1.165) is 35.5 Å². The molecule has 1 aliphatic rings. The molecule has 0 aromatic carbocycles. The van der Waals surface area contributed by atoms with E-state index >= 15 is 0 Å². The van der Waals surface area contributed by atoms with Gasteiger partial charge in [-0.3, -0.25) is 3.11 Å². The molecule has 7 atom stereocenters. The quantitative estimate of drug-likeness (QED) is 0.313. The van der Waals surface area contributed by atoms with Crippen LogP contribution in [-0.4, -0.2) is 16.7 Å². The third-order valence-corrected chi connectivity index (χ3v) is 8.07. The average molecular weight is 421 g/mol. The summed E-state index contributed by atoms with van der Waals surface area (Å²) in [5.41, 5.74) is 0.521. The highest BCUT2D eigenvalue weighted by atomic mass is 127. The second kappa shape index (κ2) is 8.69. The molecule has 1 rings (SSSR count). The van der Waals surface area contributed by atoms with Crippen molar-refractivity contribution >= 4 is 22.9 Å². The van der Waals surface area contributed by atoms with Crippen LogP contribution < -0.4 is 0 Å². The Kier molecular flexibility index (Phi) is 8.19. The third kappa shape index (κ3) is 4.02. The van der Waals surface area contributed by atoms with Crippen LogP contribution in [0.15, 0.2) is 0 Å². The Morgan fingerprint density at radius 3 is 2.14 bits per heavy atom. The van der Waals surface area contributed by atoms with Gasteiger partial charge in [0, 0.05) is 29.4 Å². The molecule has 0 heterocycles. The normalized spacial score (nSPS) is 38.5. The second-order valence-corrected chi connectivity index (χ2v) is 10.00. The molecule has 0 aliphatic heterocycles. The van der Waals surface area contributed by atoms with Crippen molar-refractivity contribution in [3.8, 4) is 0 Å². The molecule has 1 aliphatic carbocycles. The van der Waals surface area contributed by atoms with Gasteiger partial charge in [-0.25, -0.2) is 0 Å². The van der Waals surface area contributed by atoms with E-state index in [4.69, 9.17) is 0 Å². The number of hydrogen-bond donors (Lipinski definition) is 0. The minimum Gasteiger partial charge on any atom is -0.251 e. The van der Waals surface area contributed by atoms with Crippen LogP contribution in [0.25, 0.3) is 0 Å². The minimum atomic E-state index is 0.521. The zero-order valence-electron chi connectivity index (χ0n) is 16.3. The molecule has 0 saturated heterocycles. The molecule has 0 aromatic rings. The molecule has 0 aromatic heterocycles. The summed E-state index contributed by atoms with van der Waals surface area (Å²) in [6.45, 7) is 18.8. The Hall–Kier alpha value is 0.690. The summed E-state index contributed by atoms with van der Waals surface area (Å²) in [7, 11) is 2.19. The Balaban J connectivity index is 3.02. The Bertz CT molecular complexity index is 330. The maximum atomic E-state index is 2.65. The van der Waals surface area contributed by atoms with Crippen molar-refractivity contribution in [3.05, 3.63) is 0 Å². The molecule has 0 bridgehead atoms. The molecule has 1 fully saturated rings. The summed E-state index contributed by atoms with van der Waals surface area (Å²) in [4.78, 5) is 0. The van der Waals surface area contributed by atoms with Gasteiger partial charge in [-0.15, -0.1) is 0 Å². The van der Waals surface area contributed by atoms with Crippen LogP contribution in [-0.2, 0) is 0 Å². The number of halogens is 1. The summed E-state index contributed by atoms with van der Waals surface area (Å²) in [6, 6.07) is 0. The van der Waals surface area contributed by atoms with Crippen molar-refractivity contribution in [1.82, 2.24) is 3.11 Å². The lowest BCUT2D eigenvalue weighted by Gasteiger charge is -2.46. The molecular weight excluding hydrogens is 381 g/mol. The van der Waals surface area contributed by atoms with E-state index in [1.165, 1.54) is 32.2 Å². The van der Waals surface area contributed by atoms with Gasteiger partial charge in [-0.1, -0.05) is 61.3 Å². The highest BCUT2D eigenvalue weighted by Gasteiger charge is 2.55. The molecule has 22 heavy (non-hydrogen) atoms. The van der Waals surface area contributed by atoms with E-state index in [2.05, 4.69) is 81.5 Å². The Morgan fingerprint density at radius 2 is 1.68 bits per heavy atom. The van der Waals surface area contributed by atoms with E-state index in [1.807, 2.05) is 0 Å². The number of rotatable bonds is 8. The Labute approximate surface area is 154 Å². The van der Waals surface area contributed by atoms with Crippen LogP contribution in [0.5, 0.6) is 0 Å². The molecule has 1 nitrogen and oxygen atoms in total. The number of nitrogens with zero attached hydrogens (tertiary/aromatic N) is 1. The largest absolute Gasteiger partial charge is 0.251 e. The van der Waals surface area contributed by atoms with Gasteiger partial charge in [0.05, 0.1) is 0 Å². The monoisotopic (exact) mass is 421 g/mol. The molecule has 0 radical (unpaired) electrons. The van der Waals surface area contributed by atoms with Crippen molar-refractivity contribution in [3.63, 3.8) is 0 Å². The van der Waals surface area contributed by atoms with E-state index < -0.39 is 0 Å². The van der Waals surface area contributed by atoms with Gasteiger partial charge in [-0.2, -0.15) is 0 Å². The Morgan fingerprint density at radius 1 is 1.09 bits per heavy atom. The molecule has 2 heteroatoms. The van der Waals surface area contributed by atoms with Gasteiger partial charge in [0.2, 0.25) is 0 Å². The van der Waals surface area contributed by atoms with E-state index in [1.54, 1.807) is 0 Å². The number of hydrogen-bond acceptors (Lipinski definition) is 1. The summed E-state index contributed by atoms with van der Waals surface area (Å²) >= 11 is 2.42. The molecule has 7 unspecified atom stereocenters. The SMILES string of the molecule is CCC(C)C(CC)C1(C)C(C)C(C)C(C)C1CCCN(C)I. The predicted octanol–water partition coefficient (Wildman–Crippen LogP) is 6.67. The van der Waals surface area contributed by atoms with Crippen LogP contribution >= 0.6 is 22.9 Å². The maximum Gasteiger partial charge on any atom is 0.0198 e. The third-order valence-electron chi connectivity index (χ3n) is 7.58. The first-order chi connectivity index (χ1) is 10.2. The summed E-state index contributed by atoms with van der Waals surface area (Å²) in [5.74, 6) is 5.21. The van der Waals surface area contributed by atoms with Crippen LogP contribution in [0, 0.1) is 40.9 Å². The topological polar surface area (TPSA) is 3.24 Å². The predicted molar refractivity (Wildman–Crippen MR) is 108 cm³/mol. The first-order valence-electron chi connectivity index (χ1n) is 9.58. The highest BCUT2D eigenvalue weighted by Crippen LogP contribution is 2.61. The molecule has 0 spiro atoms. The first kappa shape index (κ1) is 20.7. The van der Waals surface area contributed by atoms with E-state index in [0.29, 0.717) is 5.41 Å². The summed E-state index contributed by atoms with van der Waals surface area (Å²) in [6.07, 6.45) is 5.43. The van der Waals surface area contributed by atoms with Crippen molar-refractivity contribution in [1.29, 1.82) is 0 Å². The minimum absolute atomic E-state index is 0.521. The van der Waals surface area contributed by atoms with E-state index in [9.17, 15) is 0 Å². The molecule has 0 N–H and O–H groups in total. The fourth-order valence-electron chi connectivity index (χ4n) is 5.75. The highest BCUT2D eigenvalue weighted by molar-refractivity contribution is 14.1. The van der Waals surface area contributed by atoms with Crippen LogP contribution in [0.1, 0.15) is 74.1 Å². The van der Waals surface area contributed by atoms with Crippen LogP contribution in [0.3, 0.4) is 0 Å². The lowest BCUT2D eigenvalue weighted by Crippen LogP contribution is -2.40. The van der Waals surface area contributed by atoms with E-state index in [-0.39, 0.29) is 0 Å². The van der Waals surface area contributed by atoms with Crippen molar-refractivity contribution in [2.45, 2.75) is 74.1 Å². The summed E-state index contributed by atoms with van der Waals surface area (Å²) < 4.78 is 2.31. The van der Waals surface area contributed by atoms with Gasteiger partial charge >= 0.3 is 0 Å². The smallest absolute Gasteiger partial charge is 0.0198 e. The van der Waals surface area contributed by atoms with Crippen molar-refractivity contribution in [2.75, 3.05) is 13.6 Å². The summed E-state index contributed by atoms with van der Waals surface area (Å²) in [5, 5.41) is 0. The fourth-order valence-corrected chi connectivity index (χ4v) is 6.09. The van der Waals surface area contributed by atoms with Crippen molar-refractivity contribution in [2.24, 2.45) is 40.9 Å². The molecule has 132 valence electrons. The van der Waals surface area contributed by atoms with Gasteiger partial charge < -0.3 is 0 Å². The van der Waals surface area contributed by atoms with Gasteiger partial charge in [0.1, 0.15) is 0 Å². The molecular formula is C20H40IN.